The van der Waals surface area contributed by atoms with Gasteiger partial charge in [0, 0.05) is 25.7 Å². The molecule has 0 aromatic rings. The average Bonchev–Trinajstić information content (AvgIpc) is 2.99. The lowest BCUT2D eigenvalue weighted by molar-refractivity contribution is -0.144. The van der Waals surface area contributed by atoms with E-state index in [9.17, 15) is 23.2 Å². The van der Waals surface area contributed by atoms with Gasteiger partial charge in [-0.2, -0.15) is 8.78 Å². The molecular formula is C22H34F2O4. The Bertz CT molecular complexity index is 567. The summed E-state index contributed by atoms with van der Waals surface area (Å²) in [4.78, 5) is 34.5. The highest BCUT2D eigenvalue weighted by Crippen LogP contribution is 2.32. The van der Waals surface area contributed by atoms with Crippen LogP contribution in [0.3, 0.4) is 0 Å². The first-order valence-electron chi connectivity index (χ1n) is 10.6. The standard InChI is InChI=1S/C22H34F2O4/c1-2-3-4-9-16-22(23,24)20(26)15-13-17-12-14-19(25)18(17)10-7-5-6-8-11-21(27)28/h2-16H2,1H3,(H,27,28). The molecule has 28 heavy (non-hydrogen) atoms. The molecule has 0 saturated heterocycles. The molecule has 0 unspecified atom stereocenters. The van der Waals surface area contributed by atoms with Gasteiger partial charge in [-0.05, 0) is 44.1 Å². The van der Waals surface area contributed by atoms with Gasteiger partial charge in [0.1, 0.15) is 0 Å². The second-order valence-corrected chi connectivity index (χ2v) is 7.75. The van der Waals surface area contributed by atoms with Crippen molar-refractivity contribution < 1.29 is 28.3 Å². The number of ketones is 2. The van der Waals surface area contributed by atoms with Gasteiger partial charge in [-0.25, -0.2) is 0 Å². The number of carboxylic acids is 1. The highest BCUT2D eigenvalue weighted by molar-refractivity contribution is 5.98. The van der Waals surface area contributed by atoms with Crippen LogP contribution < -0.4 is 0 Å². The smallest absolute Gasteiger partial charge is 0.305 e. The zero-order valence-corrected chi connectivity index (χ0v) is 17.0. The molecule has 0 amide bonds. The Morgan fingerprint density at radius 1 is 0.929 bits per heavy atom. The van der Waals surface area contributed by atoms with Crippen molar-refractivity contribution in [1.82, 2.24) is 0 Å². The molecule has 0 radical (unpaired) electrons. The number of Topliss-reactive ketones (excluding diaryl/α,β-unsaturated/α-hetero) is 2. The van der Waals surface area contributed by atoms with E-state index >= 15 is 0 Å². The van der Waals surface area contributed by atoms with E-state index in [2.05, 4.69) is 0 Å². The van der Waals surface area contributed by atoms with Gasteiger partial charge in [0.25, 0.3) is 0 Å². The van der Waals surface area contributed by atoms with Gasteiger partial charge >= 0.3 is 11.9 Å². The summed E-state index contributed by atoms with van der Waals surface area (Å²) in [6, 6.07) is 0. The van der Waals surface area contributed by atoms with E-state index in [-0.39, 0.29) is 31.5 Å². The maximum Gasteiger partial charge on any atom is 0.305 e. The molecule has 4 nitrogen and oxygen atoms in total. The molecule has 0 aromatic carbocycles. The number of aliphatic carboxylic acids is 1. The molecular weight excluding hydrogens is 366 g/mol. The number of carboxylic acid groups (broad SMARTS) is 1. The van der Waals surface area contributed by atoms with Crippen LogP contribution >= 0.6 is 0 Å². The number of halogens is 2. The zero-order valence-electron chi connectivity index (χ0n) is 17.0. The fourth-order valence-electron chi connectivity index (χ4n) is 3.65. The van der Waals surface area contributed by atoms with Crippen molar-refractivity contribution in [2.24, 2.45) is 0 Å². The van der Waals surface area contributed by atoms with Crippen molar-refractivity contribution in [2.45, 2.75) is 109 Å². The van der Waals surface area contributed by atoms with Crippen molar-refractivity contribution in [3.05, 3.63) is 11.1 Å². The highest BCUT2D eigenvalue weighted by Gasteiger charge is 2.37. The number of allylic oxidation sites excluding steroid dienone is 2. The number of rotatable bonds is 16. The van der Waals surface area contributed by atoms with Crippen LogP contribution in [0.2, 0.25) is 0 Å². The fourth-order valence-corrected chi connectivity index (χ4v) is 3.65. The first-order chi connectivity index (χ1) is 13.3. The lowest BCUT2D eigenvalue weighted by atomic mass is 9.96. The summed E-state index contributed by atoms with van der Waals surface area (Å²) in [6.45, 7) is 2.01. The third-order valence-electron chi connectivity index (χ3n) is 5.39. The Kier molecular flexibility index (Phi) is 11.2. The SMILES string of the molecule is CCCCCCC(F)(F)C(=O)CCC1=C(CCCCCCC(=O)O)C(=O)CC1. The number of hydrogen-bond acceptors (Lipinski definition) is 3. The molecule has 0 bridgehead atoms. The van der Waals surface area contributed by atoms with Crippen molar-refractivity contribution >= 4 is 17.5 Å². The average molecular weight is 401 g/mol. The van der Waals surface area contributed by atoms with Gasteiger partial charge in [0.05, 0.1) is 0 Å². The minimum Gasteiger partial charge on any atom is -0.481 e. The molecule has 6 heteroatoms. The van der Waals surface area contributed by atoms with Crippen LogP contribution in [0, 0.1) is 0 Å². The molecule has 0 atom stereocenters. The third kappa shape index (κ3) is 9.07. The van der Waals surface area contributed by atoms with E-state index < -0.39 is 17.7 Å². The van der Waals surface area contributed by atoms with Gasteiger partial charge in [-0.3, -0.25) is 14.4 Å². The summed E-state index contributed by atoms with van der Waals surface area (Å²) in [7, 11) is 0. The Hall–Kier alpha value is -1.59. The maximum atomic E-state index is 14.0. The van der Waals surface area contributed by atoms with E-state index in [0.29, 0.717) is 32.1 Å². The Labute approximate surface area is 166 Å². The lowest BCUT2D eigenvalue weighted by Gasteiger charge is -2.15. The molecule has 0 spiro atoms. The van der Waals surface area contributed by atoms with Crippen LogP contribution in [0.5, 0.6) is 0 Å². The minimum absolute atomic E-state index is 0.0688. The predicted octanol–water partition coefficient (Wildman–Crippen LogP) is 6.03. The Morgan fingerprint density at radius 2 is 1.61 bits per heavy atom. The van der Waals surface area contributed by atoms with E-state index in [0.717, 1.165) is 49.7 Å². The van der Waals surface area contributed by atoms with Gasteiger partial charge < -0.3 is 5.11 Å². The van der Waals surface area contributed by atoms with E-state index in [1.807, 2.05) is 6.92 Å². The quantitative estimate of drug-likeness (QED) is 0.321. The van der Waals surface area contributed by atoms with Crippen molar-refractivity contribution in [3.8, 4) is 0 Å². The van der Waals surface area contributed by atoms with Crippen molar-refractivity contribution in [2.75, 3.05) is 0 Å². The number of unbranched alkanes of at least 4 members (excludes halogenated alkanes) is 6. The number of hydrogen-bond donors (Lipinski definition) is 1. The van der Waals surface area contributed by atoms with Gasteiger partial charge in [-0.15, -0.1) is 0 Å². The fraction of sp³-hybridized carbons (Fsp3) is 0.773. The second kappa shape index (κ2) is 12.8. The van der Waals surface area contributed by atoms with Crippen LogP contribution in [0.25, 0.3) is 0 Å². The van der Waals surface area contributed by atoms with Crippen LogP contribution in [0.4, 0.5) is 8.78 Å². The summed E-state index contributed by atoms with van der Waals surface area (Å²) < 4.78 is 28.0. The van der Waals surface area contributed by atoms with Gasteiger partial charge in [0.2, 0.25) is 5.78 Å². The monoisotopic (exact) mass is 400 g/mol. The predicted molar refractivity (Wildman–Crippen MR) is 105 cm³/mol. The molecule has 0 heterocycles. The molecule has 0 saturated carbocycles. The first-order valence-corrected chi connectivity index (χ1v) is 10.6. The molecule has 1 aliphatic rings. The molecule has 160 valence electrons. The van der Waals surface area contributed by atoms with E-state index in [1.165, 1.54) is 0 Å². The highest BCUT2D eigenvalue weighted by atomic mass is 19.3. The largest absolute Gasteiger partial charge is 0.481 e. The summed E-state index contributed by atoms with van der Waals surface area (Å²) in [6.07, 6.45) is 7.39. The maximum absolute atomic E-state index is 14.0. The Morgan fingerprint density at radius 3 is 2.29 bits per heavy atom. The number of carbonyl (C=O) groups is 3. The van der Waals surface area contributed by atoms with E-state index in [4.69, 9.17) is 5.11 Å². The lowest BCUT2D eigenvalue weighted by Crippen LogP contribution is -2.28. The minimum atomic E-state index is -3.26. The van der Waals surface area contributed by atoms with Crippen LogP contribution in [0.15, 0.2) is 11.1 Å². The summed E-state index contributed by atoms with van der Waals surface area (Å²) >= 11 is 0. The molecule has 0 aromatic heterocycles. The number of alkyl halides is 2. The Balaban J connectivity index is 2.43. The third-order valence-corrected chi connectivity index (χ3v) is 5.39. The topological polar surface area (TPSA) is 71.4 Å². The normalized spacial score (nSPS) is 14.8. The summed E-state index contributed by atoms with van der Waals surface area (Å²) in [5.74, 6) is -5.01. The van der Waals surface area contributed by atoms with Gasteiger partial charge in [-0.1, -0.05) is 44.6 Å². The molecule has 1 N–H and O–H groups in total. The molecule has 1 rings (SSSR count). The first kappa shape index (κ1) is 24.4. The van der Waals surface area contributed by atoms with Crippen LogP contribution in [0.1, 0.15) is 103 Å². The van der Waals surface area contributed by atoms with Gasteiger partial charge in [0.15, 0.2) is 5.78 Å². The second-order valence-electron chi connectivity index (χ2n) is 7.75. The van der Waals surface area contributed by atoms with Crippen molar-refractivity contribution in [1.29, 1.82) is 0 Å². The molecule has 0 fully saturated rings. The summed E-state index contributed by atoms with van der Waals surface area (Å²) in [5, 5.41) is 8.61. The van der Waals surface area contributed by atoms with E-state index in [1.54, 1.807) is 0 Å². The van der Waals surface area contributed by atoms with Crippen molar-refractivity contribution in [3.63, 3.8) is 0 Å². The number of carbonyl (C=O) groups excluding carboxylic acids is 2. The zero-order chi connectivity index (χ0) is 21.0. The van der Waals surface area contributed by atoms with Crippen LogP contribution in [-0.2, 0) is 14.4 Å². The summed E-state index contributed by atoms with van der Waals surface area (Å²) in [5.41, 5.74) is 1.59. The molecule has 1 aliphatic carbocycles. The molecule has 0 aliphatic heterocycles. The van der Waals surface area contributed by atoms with Crippen LogP contribution in [-0.4, -0.2) is 28.6 Å².